The fraction of sp³-hybridized carbons (Fsp3) is 0.214. The summed E-state index contributed by atoms with van der Waals surface area (Å²) < 4.78 is 30.2. The summed E-state index contributed by atoms with van der Waals surface area (Å²) >= 11 is 6.43. The second-order valence-electron chi connectivity index (χ2n) is 8.86. The quantitative estimate of drug-likeness (QED) is 0.202. The predicted molar refractivity (Wildman–Crippen MR) is 155 cm³/mol. The first-order valence-corrected chi connectivity index (χ1v) is 14.4. The van der Waals surface area contributed by atoms with E-state index >= 15 is 0 Å². The average molecular weight is 584 g/mol. The SMILES string of the molecule is CS(=O)CC(=O)NCCCC(=O)Nc1ccc2ncnc(Nc3ccc(OCc4cccc(F)c4)c(Cl)c3)c2c1. The summed E-state index contributed by atoms with van der Waals surface area (Å²) in [6.07, 6.45) is 3.54. The molecule has 0 spiro atoms. The second kappa shape index (κ2) is 13.8. The van der Waals surface area contributed by atoms with E-state index in [1.165, 1.54) is 24.7 Å². The third-order valence-corrected chi connectivity index (χ3v) is 6.60. The summed E-state index contributed by atoms with van der Waals surface area (Å²) in [5.41, 5.74) is 2.59. The lowest BCUT2D eigenvalue weighted by Gasteiger charge is -2.13. The predicted octanol–water partition coefficient (Wildman–Crippen LogP) is 4.96. The number of halogens is 2. The Balaban J connectivity index is 1.37. The van der Waals surface area contributed by atoms with Crippen molar-refractivity contribution in [3.63, 3.8) is 0 Å². The maximum atomic E-state index is 13.4. The topological polar surface area (TPSA) is 122 Å². The van der Waals surface area contributed by atoms with Crippen LogP contribution in [0.3, 0.4) is 0 Å². The van der Waals surface area contributed by atoms with Gasteiger partial charge in [0.15, 0.2) is 0 Å². The number of aromatic nitrogens is 2. The van der Waals surface area contributed by atoms with Crippen LogP contribution in [0.1, 0.15) is 18.4 Å². The molecule has 4 rings (SSSR count). The van der Waals surface area contributed by atoms with Crippen LogP contribution in [0, 0.1) is 5.82 Å². The van der Waals surface area contributed by atoms with Gasteiger partial charge < -0.3 is 20.7 Å². The first-order valence-electron chi connectivity index (χ1n) is 12.3. The normalized spacial score (nSPS) is 11.6. The summed E-state index contributed by atoms with van der Waals surface area (Å²) in [5.74, 6) is 0.0702. The Morgan fingerprint density at radius 2 is 1.85 bits per heavy atom. The number of rotatable bonds is 12. The van der Waals surface area contributed by atoms with Crippen LogP contribution < -0.4 is 20.7 Å². The molecule has 0 aliphatic carbocycles. The summed E-state index contributed by atoms with van der Waals surface area (Å²) in [5, 5.41) is 9.77. The van der Waals surface area contributed by atoms with Crippen LogP contribution >= 0.6 is 11.6 Å². The zero-order valence-electron chi connectivity index (χ0n) is 21.6. The molecule has 40 heavy (non-hydrogen) atoms. The van der Waals surface area contributed by atoms with Crippen LogP contribution in [-0.4, -0.2) is 44.5 Å². The number of nitrogens with zero attached hydrogens (tertiary/aromatic N) is 2. The third-order valence-electron chi connectivity index (χ3n) is 5.63. The van der Waals surface area contributed by atoms with Gasteiger partial charge in [-0.1, -0.05) is 23.7 Å². The van der Waals surface area contributed by atoms with Crippen LogP contribution in [0.15, 0.2) is 67.0 Å². The zero-order chi connectivity index (χ0) is 28.5. The van der Waals surface area contributed by atoms with Gasteiger partial charge in [-0.25, -0.2) is 14.4 Å². The molecule has 0 aliphatic heterocycles. The Morgan fingerprint density at radius 1 is 1.02 bits per heavy atom. The minimum absolute atomic E-state index is 0.0532. The molecule has 0 radical (unpaired) electrons. The smallest absolute Gasteiger partial charge is 0.232 e. The molecule has 208 valence electrons. The van der Waals surface area contributed by atoms with E-state index in [1.807, 2.05) is 0 Å². The van der Waals surface area contributed by atoms with Crippen molar-refractivity contribution in [1.82, 2.24) is 15.3 Å². The number of hydrogen-bond donors (Lipinski definition) is 3. The van der Waals surface area contributed by atoms with Gasteiger partial charge in [0.05, 0.1) is 10.5 Å². The molecule has 1 heterocycles. The van der Waals surface area contributed by atoms with Gasteiger partial charge >= 0.3 is 0 Å². The van der Waals surface area contributed by atoms with Gasteiger partial charge in [0.1, 0.15) is 36.1 Å². The monoisotopic (exact) mass is 583 g/mol. The average Bonchev–Trinajstić information content (AvgIpc) is 2.91. The molecule has 0 saturated carbocycles. The number of fused-ring (bicyclic) bond motifs is 1. The lowest BCUT2D eigenvalue weighted by atomic mass is 10.2. The molecule has 2 amide bonds. The molecule has 12 heteroatoms. The van der Waals surface area contributed by atoms with Crippen molar-refractivity contribution in [2.75, 3.05) is 29.2 Å². The lowest BCUT2D eigenvalue weighted by molar-refractivity contribution is -0.119. The van der Waals surface area contributed by atoms with E-state index < -0.39 is 10.8 Å². The number of carbonyl (C=O) groups excluding carboxylic acids is 2. The van der Waals surface area contributed by atoms with Gasteiger partial charge in [0.25, 0.3) is 0 Å². The zero-order valence-corrected chi connectivity index (χ0v) is 23.2. The fourth-order valence-corrected chi connectivity index (χ4v) is 4.50. The molecule has 3 N–H and O–H groups in total. The summed E-state index contributed by atoms with van der Waals surface area (Å²) in [6.45, 7) is 0.491. The minimum Gasteiger partial charge on any atom is -0.487 e. The van der Waals surface area contributed by atoms with Crippen LogP contribution in [0.25, 0.3) is 10.9 Å². The Morgan fingerprint density at radius 3 is 2.62 bits per heavy atom. The number of ether oxygens (including phenoxy) is 1. The lowest BCUT2D eigenvalue weighted by Crippen LogP contribution is -2.29. The van der Waals surface area contributed by atoms with Crippen LogP contribution in [0.4, 0.5) is 21.6 Å². The number of benzene rings is 3. The van der Waals surface area contributed by atoms with Crippen molar-refractivity contribution in [3.8, 4) is 5.75 Å². The highest BCUT2D eigenvalue weighted by Crippen LogP contribution is 2.31. The minimum atomic E-state index is -1.20. The van der Waals surface area contributed by atoms with Gasteiger partial charge in [-0.15, -0.1) is 0 Å². The van der Waals surface area contributed by atoms with Gasteiger partial charge in [-0.2, -0.15) is 0 Å². The largest absolute Gasteiger partial charge is 0.487 e. The highest BCUT2D eigenvalue weighted by Gasteiger charge is 2.10. The number of hydrogen-bond acceptors (Lipinski definition) is 7. The summed E-state index contributed by atoms with van der Waals surface area (Å²) in [6, 6.07) is 16.6. The Kier molecular flexibility index (Phi) is 9.98. The van der Waals surface area contributed by atoms with E-state index in [0.717, 1.165) is 0 Å². The van der Waals surface area contributed by atoms with E-state index in [2.05, 4.69) is 25.9 Å². The fourth-order valence-electron chi connectivity index (χ4n) is 3.79. The third kappa shape index (κ3) is 8.45. The molecule has 1 aromatic heterocycles. The van der Waals surface area contributed by atoms with Gasteiger partial charge in [0.2, 0.25) is 11.8 Å². The van der Waals surface area contributed by atoms with Crippen molar-refractivity contribution >= 4 is 62.3 Å². The molecule has 0 bridgehead atoms. The van der Waals surface area contributed by atoms with E-state index in [-0.39, 0.29) is 36.4 Å². The Labute approximate surface area is 238 Å². The molecular weight excluding hydrogens is 557 g/mol. The van der Waals surface area contributed by atoms with Crippen LogP contribution in [0.2, 0.25) is 5.02 Å². The van der Waals surface area contributed by atoms with Gasteiger partial charge in [0, 0.05) is 46.8 Å². The van der Waals surface area contributed by atoms with Crippen molar-refractivity contribution in [2.45, 2.75) is 19.4 Å². The number of nitrogens with one attached hydrogen (secondary N) is 3. The summed E-state index contributed by atoms with van der Waals surface area (Å²) in [7, 11) is -1.20. The standard InChI is InChI=1S/C28H27ClFN5O4S/c1-40(38)16-27(37)31-11-3-6-26(36)34-20-7-9-24-22(13-20)28(33-17-32-24)35-21-8-10-25(23(29)14-21)39-15-18-4-2-5-19(30)12-18/h2,4-5,7-10,12-14,17H,3,6,11,15-16H2,1H3,(H,31,37)(H,34,36)(H,32,33,35). The highest BCUT2D eigenvalue weighted by molar-refractivity contribution is 7.85. The van der Waals surface area contributed by atoms with Crippen LogP contribution in [-0.2, 0) is 27.0 Å². The van der Waals surface area contributed by atoms with Crippen molar-refractivity contribution in [2.24, 2.45) is 0 Å². The van der Waals surface area contributed by atoms with E-state index in [0.29, 0.717) is 57.4 Å². The maximum Gasteiger partial charge on any atom is 0.232 e. The highest BCUT2D eigenvalue weighted by atomic mass is 35.5. The molecule has 3 aromatic carbocycles. The molecule has 4 aromatic rings. The van der Waals surface area contributed by atoms with Crippen LogP contribution in [0.5, 0.6) is 5.75 Å². The first kappa shape index (κ1) is 28.9. The van der Waals surface area contributed by atoms with E-state index in [9.17, 15) is 18.2 Å². The molecule has 1 unspecified atom stereocenters. The molecule has 0 saturated heterocycles. The van der Waals surface area contributed by atoms with Crippen molar-refractivity contribution < 1.29 is 22.9 Å². The summed E-state index contributed by atoms with van der Waals surface area (Å²) in [4.78, 5) is 32.6. The molecule has 9 nitrogen and oxygen atoms in total. The van der Waals surface area contributed by atoms with Crippen molar-refractivity contribution in [1.29, 1.82) is 0 Å². The van der Waals surface area contributed by atoms with E-state index in [4.69, 9.17) is 16.3 Å². The first-order chi connectivity index (χ1) is 19.3. The van der Waals surface area contributed by atoms with Gasteiger partial charge in [-0.05, 0) is 60.5 Å². The molecular formula is C28H27ClFN5O4S. The van der Waals surface area contributed by atoms with Gasteiger partial charge in [-0.3, -0.25) is 13.8 Å². The number of carbonyl (C=O) groups is 2. The maximum absolute atomic E-state index is 13.4. The Bertz CT molecular complexity index is 1550. The number of anilines is 3. The van der Waals surface area contributed by atoms with E-state index in [1.54, 1.807) is 48.5 Å². The molecule has 1 atom stereocenters. The Hall–Kier alpha value is -4.09. The molecule has 0 fully saturated rings. The molecule has 0 aliphatic rings. The van der Waals surface area contributed by atoms with Crippen molar-refractivity contribution in [3.05, 3.63) is 83.4 Å². The second-order valence-corrected chi connectivity index (χ2v) is 10.7. The number of amides is 2.